The summed E-state index contributed by atoms with van der Waals surface area (Å²) in [7, 11) is 1.17. The smallest absolute Gasteiger partial charge is 0.416 e. The highest BCUT2D eigenvalue weighted by molar-refractivity contribution is 6.06. The highest BCUT2D eigenvalue weighted by atomic mass is 19.4. The van der Waals surface area contributed by atoms with Gasteiger partial charge in [-0.25, -0.2) is 14.6 Å². The van der Waals surface area contributed by atoms with Crippen LogP contribution in [-0.4, -0.2) is 46.2 Å². The van der Waals surface area contributed by atoms with Gasteiger partial charge < -0.3 is 20.3 Å². The first-order valence-electron chi connectivity index (χ1n) is 12.4. The molecule has 0 saturated carbocycles. The van der Waals surface area contributed by atoms with Crippen molar-refractivity contribution in [2.75, 3.05) is 7.11 Å². The van der Waals surface area contributed by atoms with Gasteiger partial charge in [0.25, 0.3) is 5.91 Å². The molecule has 1 amide bonds. The van der Waals surface area contributed by atoms with Gasteiger partial charge in [-0.3, -0.25) is 4.79 Å². The Morgan fingerprint density at radius 3 is 2.12 bits per heavy atom. The molecule has 4 aromatic rings. The van der Waals surface area contributed by atoms with Crippen molar-refractivity contribution in [1.82, 2.24) is 10.3 Å². The first-order chi connectivity index (χ1) is 19.4. The number of methoxy groups -OCH3 is 1. The van der Waals surface area contributed by atoms with E-state index in [1.807, 2.05) is 0 Å². The van der Waals surface area contributed by atoms with Gasteiger partial charge in [0.15, 0.2) is 0 Å². The number of aromatic hydroxyl groups is 1. The maximum Gasteiger partial charge on any atom is 0.416 e. The van der Waals surface area contributed by atoms with Crippen LogP contribution >= 0.6 is 0 Å². The molecule has 11 heteroatoms. The van der Waals surface area contributed by atoms with Crippen LogP contribution in [0.5, 0.6) is 5.75 Å². The van der Waals surface area contributed by atoms with Crippen LogP contribution in [0.3, 0.4) is 0 Å². The molecule has 0 radical (unpaired) electrons. The van der Waals surface area contributed by atoms with E-state index in [9.17, 15) is 37.8 Å². The zero-order chi connectivity index (χ0) is 29.7. The number of nitrogens with zero attached hydrogens (tertiary/aromatic N) is 1. The summed E-state index contributed by atoms with van der Waals surface area (Å²) in [6, 6.07) is 15.8. The molecule has 3 N–H and O–H groups in total. The number of alkyl halides is 3. The monoisotopic (exact) mass is 566 g/mol. The molecule has 0 aliphatic carbocycles. The Morgan fingerprint density at radius 1 is 0.902 bits per heavy atom. The number of benzene rings is 3. The van der Waals surface area contributed by atoms with E-state index >= 15 is 0 Å². The lowest BCUT2D eigenvalue weighted by molar-refractivity contribution is -0.143. The molecule has 41 heavy (non-hydrogen) atoms. The number of esters is 1. The highest BCUT2D eigenvalue weighted by Gasteiger charge is 2.30. The molecule has 0 fully saturated rings. The summed E-state index contributed by atoms with van der Waals surface area (Å²) in [5, 5.41) is 22.2. The van der Waals surface area contributed by atoms with E-state index in [2.05, 4.69) is 10.3 Å². The lowest BCUT2D eigenvalue weighted by Gasteiger charge is -2.17. The molecule has 0 aliphatic heterocycles. The quantitative estimate of drug-likeness (QED) is 0.245. The fraction of sp³-hybridized carbons (Fsp3) is 0.200. The van der Waals surface area contributed by atoms with Crippen molar-refractivity contribution >= 4 is 28.7 Å². The zero-order valence-electron chi connectivity index (χ0n) is 21.7. The first kappa shape index (κ1) is 29.1. The summed E-state index contributed by atoms with van der Waals surface area (Å²) >= 11 is 0. The maximum absolute atomic E-state index is 13.1. The van der Waals surface area contributed by atoms with Crippen LogP contribution in [0, 0.1) is 0 Å². The molecular formula is C30H25F3N2O6. The number of hydrogen-bond acceptors (Lipinski definition) is 6. The molecule has 1 unspecified atom stereocenters. The van der Waals surface area contributed by atoms with Crippen LogP contribution in [-0.2, 0) is 35.0 Å². The number of aromatic nitrogens is 1. The SMILES string of the molecule is COC(=O)C(Cc1ccc(O)cc1)NC(=O)c1cc(C(=O)O)c2cc(CCc3ccc(C(F)(F)F)cc3)ccc2n1. The van der Waals surface area contributed by atoms with E-state index in [0.717, 1.165) is 23.8 Å². The fourth-order valence-electron chi connectivity index (χ4n) is 4.31. The average molecular weight is 567 g/mol. The summed E-state index contributed by atoms with van der Waals surface area (Å²) in [5.74, 6) is -2.75. The number of aromatic carboxylic acids is 1. The summed E-state index contributed by atoms with van der Waals surface area (Å²) in [4.78, 5) is 41.8. The summed E-state index contributed by atoms with van der Waals surface area (Å²) in [6.45, 7) is 0. The van der Waals surface area contributed by atoms with Gasteiger partial charge in [0.05, 0.1) is 23.8 Å². The number of rotatable bonds is 9. The van der Waals surface area contributed by atoms with Gasteiger partial charge in [-0.1, -0.05) is 30.3 Å². The van der Waals surface area contributed by atoms with E-state index in [-0.39, 0.29) is 34.3 Å². The van der Waals surface area contributed by atoms with E-state index in [1.54, 1.807) is 30.3 Å². The molecule has 0 spiro atoms. The first-order valence-corrected chi connectivity index (χ1v) is 12.4. The predicted molar refractivity (Wildman–Crippen MR) is 143 cm³/mol. The van der Waals surface area contributed by atoms with Crippen molar-refractivity contribution < 1.29 is 42.5 Å². The number of carboxylic acid groups (broad SMARTS) is 1. The van der Waals surface area contributed by atoms with Gasteiger partial charge in [0, 0.05) is 11.8 Å². The molecule has 1 heterocycles. The number of fused-ring (bicyclic) bond motifs is 1. The number of carbonyl (C=O) groups excluding carboxylic acids is 2. The third-order valence-electron chi connectivity index (χ3n) is 6.49. The Kier molecular flexibility index (Phi) is 8.56. The van der Waals surface area contributed by atoms with Crippen molar-refractivity contribution in [1.29, 1.82) is 0 Å². The number of nitrogens with one attached hydrogen (secondary N) is 1. The van der Waals surface area contributed by atoms with Crippen LogP contribution in [0.25, 0.3) is 10.9 Å². The molecule has 212 valence electrons. The Labute approximate surface area is 232 Å². The standard InChI is InChI=1S/C30H25F3N2O6/c1-41-29(40)26(15-19-6-11-21(36)12-7-19)35-27(37)25-16-23(28(38)39)22-14-18(8-13-24(22)34-25)3-2-17-4-9-20(10-5-17)30(31,32)33/h4-14,16,26,36H,2-3,15H2,1H3,(H,35,37)(H,38,39). The second kappa shape index (κ2) is 12.1. The van der Waals surface area contributed by atoms with Gasteiger partial charge in [-0.15, -0.1) is 0 Å². The zero-order valence-corrected chi connectivity index (χ0v) is 21.7. The van der Waals surface area contributed by atoms with E-state index in [4.69, 9.17) is 4.74 Å². The number of ether oxygens (including phenoxy) is 1. The number of carboxylic acids is 1. The minimum atomic E-state index is -4.42. The van der Waals surface area contributed by atoms with Gasteiger partial charge >= 0.3 is 18.1 Å². The van der Waals surface area contributed by atoms with Crippen LogP contribution in [0.2, 0.25) is 0 Å². The van der Waals surface area contributed by atoms with Gasteiger partial charge in [0.1, 0.15) is 17.5 Å². The number of pyridine rings is 1. The predicted octanol–water partition coefficient (Wildman–Crippen LogP) is 4.96. The van der Waals surface area contributed by atoms with Crippen LogP contribution in [0.1, 0.15) is 43.1 Å². The molecule has 0 aliphatic rings. The molecule has 0 saturated heterocycles. The number of carbonyl (C=O) groups is 3. The second-order valence-electron chi connectivity index (χ2n) is 9.33. The average Bonchev–Trinajstić information content (AvgIpc) is 2.95. The van der Waals surface area contributed by atoms with Gasteiger partial charge in [0.2, 0.25) is 0 Å². The Bertz CT molecular complexity index is 1590. The fourth-order valence-corrected chi connectivity index (χ4v) is 4.31. The molecule has 3 aromatic carbocycles. The second-order valence-corrected chi connectivity index (χ2v) is 9.33. The number of hydrogen-bond donors (Lipinski definition) is 3. The third-order valence-corrected chi connectivity index (χ3v) is 6.49. The number of halogens is 3. The number of amides is 1. The summed E-state index contributed by atoms with van der Waals surface area (Å²) in [5.41, 5.74) is 1.17. The van der Waals surface area contributed by atoms with E-state index < -0.39 is 35.6 Å². The van der Waals surface area contributed by atoms with E-state index in [1.165, 1.54) is 31.4 Å². The van der Waals surface area contributed by atoms with Crippen molar-refractivity contribution in [2.45, 2.75) is 31.5 Å². The van der Waals surface area contributed by atoms with Crippen LogP contribution in [0.4, 0.5) is 13.2 Å². The minimum absolute atomic E-state index is 0.0386. The van der Waals surface area contributed by atoms with E-state index in [0.29, 0.717) is 24.0 Å². The highest BCUT2D eigenvalue weighted by Crippen LogP contribution is 2.29. The number of aryl methyl sites for hydroxylation is 2. The number of phenolic OH excluding ortho intramolecular Hbond substituents is 1. The summed E-state index contributed by atoms with van der Waals surface area (Å²) in [6.07, 6.45) is -3.50. The lowest BCUT2D eigenvalue weighted by atomic mass is 9.99. The van der Waals surface area contributed by atoms with Gasteiger partial charge in [-0.05, 0) is 72.0 Å². The Morgan fingerprint density at radius 2 is 1.51 bits per heavy atom. The molecule has 8 nitrogen and oxygen atoms in total. The van der Waals surface area contributed by atoms with Crippen LogP contribution < -0.4 is 5.32 Å². The summed E-state index contributed by atoms with van der Waals surface area (Å²) < 4.78 is 43.2. The Balaban J connectivity index is 1.55. The topological polar surface area (TPSA) is 126 Å². The van der Waals surface area contributed by atoms with Crippen molar-refractivity contribution in [2.24, 2.45) is 0 Å². The maximum atomic E-state index is 13.1. The van der Waals surface area contributed by atoms with Gasteiger partial charge in [-0.2, -0.15) is 13.2 Å². The van der Waals surface area contributed by atoms with Crippen molar-refractivity contribution in [3.05, 3.63) is 106 Å². The molecule has 1 aromatic heterocycles. The van der Waals surface area contributed by atoms with Crippen LogP contribution in [0.15, 0.2) is 72.8 Å². The Hall–Kier alpha value is -4.93. The molecule has 1 atom stereocenters. The van der Waals surface area contributed by atoms with Crippen molar-refractivity contribution in [3.8, 4) is 5.75 Å². The normalized spacial score (nSPS) is 12.1. The molecule has 0 bridgehead atoms. The molecule has 4 rings (SSSR count). The molecular weight excluding hydrogens is 541 g/mol. The van der Waals surface area contributed by atoms with Crippen molar-refractivity contribution in [3.63, 3.8) is 0 Å². The lowest BCUT2D eigenvalue weighted by Crippen LogP contribution is -2.43. The number of phenols is 1. The minimum Gasteiger partial charge on any atom is -0.508 e. The third kappa shape index (κ3) is 7.18. The largest absolute Gasteiger partial charge is 0.508 e.